The van der Waals surface area contributed by atoms with Gasteiger partial charge in [-0.1, -0.05) is 65.8 Å². The van der Waals surface area contributed by atoms with Crippen LogP contribution in [0.15, 0.2) is 36.4 Å². The molecule has 0 aliphatic heterocycles. The molecule has 29 heavy (non-hydrogen) atoms. The Kier molecular flexibility index (Phi) is 5.86. The summed E-state index contributed by atoms with van der Waals surface area (Å²) < 4.78 is 41.4. The lowest BCUT2D eigenvalue weighted by molar-refractivity contribution is -0.137. The predicted molar refractivity (Wildman–Crippen MR) is 109 cm³/mol. The van der Waals surface area contributed by atoms with E-state index in [1.165, 1.54) is 12.1 Å². The number of carbonyl (C=O) groups is 2. The summed E-state index contributed by atoms with van der Waals surface area (Å²) in [7, 11) is 0. The van der Waals surface area contributed by atoms with Crippen LogP contribution in [-0.2, 0) is 6.18 Å². The van der Waals surface area contributed by atoms with Crippen LogP contribution in [0.2, 0.25) is 0 Å². The Bertz CT molecular complexity index is 956. The number of aryl methyl sites for hydroxylation is 1. The topological polar surface area (TPSA) is 34.1 Å². The van der Waals surface area contributed by atoms with Crippen molar-refractivity contribution in [3.63, 3.8) is 0 Å². The summed E-state index contributed by atoms with van der Waals surface area (Å²) in [4.78, 5) is 25.0. The minimum Gasteiger partial charge on any atom is -0.294 e. The van der Waals surface area contributed by atoms with Crippen molar-refractivity contribution in [2.45, 2.75) is 54.6 Å². The first kappa shape index (κ1) is 22.9. The van der Waals surface area contributed by atoms with Gasteiger partial charge in [0.15, 0.2) is 11.6 Å². The molecule has 156 valence electrons. The van der Waals surface area contributed by atoms with Gasteiger partial charge in [0.1, 0.15) is 0 Å². The van der Waals surface area contributed by atoms with Gasteiger partial charge in [0.05, 0.1) is 5.56 Å². The maximum absolute atomic E-state index is 13.8. The molecule has 0 saturated heterocycles. The first-order valence-corrected chi connectivity index (χ1v) is 9.45. The number of Topliss-reactive ketones (excluding diaryl/α,β-unsaturated/α-hetero) is 2. The third-order valence-electron chi connectivity index (χ3n) is 4.73. The number of hydrogen-bond donors (Lipinski definition) is 0. The predicted octanol–water partition coefficient (Wildman–Crippen LogP) is 7.14. The first-order valence-electron chi connectivity index (χ1n) is 9.45. The van der Waals surface area contributed by atoms with Crippen molar-refractivity contribution in [1.29, 1.82) is 0 Å². The Morgan fingerprint density at radius 2 is 1.10 bits per heavy atom. The van der Waals surface area contributed by atoms with Gasteiger partial charge in [0.25, 0.3) is 0 Å². The van der Waals surface area contributed by atoms with Crippen LogP contribution >= 0.6 is 0 Å². The summed E-state index contributed by atoms with van der Waals surface area (Å²) in [6.07, 6.45) is -4.62. The van der Waals surface area contributed by atoms with Gasteiger partial charge in [-0.2, -0.15) is 13.2 Å². The van der Waals surface area contributed by atoms with Gasteiger partial charge in [-0.15, -0.1) is 0 Å². The second-order valence-electron chi connectivity index (χ2n) is 9.45. The van der Waals surface area contributed by atoms with Gasteiger partial charge in [-0.05, 0) is 35.7 Å². The number of hydrogen-bond acceptors (Lipinski definition) is 2. The number of halogens is 3. The molecule has 0 saturated carbocycles. The zero-order valence-corrected chi connectivity index (χ0v) is 17.9. The molecule has 0 aliphatic rings. The van der Waals surface area contributed by atoms with Gasteiger partial charge >= 0.3 is 6.18 Å². The standard InChI is InChI=1S/C24H27F3O2/c1-14-12-15(20(28)22(2,3)4)8-10-17(14)18-11-9-16(21(29)23(5,6)7)13-19(18)24(25,26)27/h8-13H,1-7H3. The lowest BCUT2D eigenvalue weighted by Gasteiger charge is -2.21. The number of alkyl halides is 3. The molecule has 2 aromatic carbocycles. The average molecular weight is 404 g/mol. The second-order valence-corrected chi connectivity index (χ2v) is 9.45. The molecule has 2 nitrogen and oxygen atoms in total. The molecular weight excluding hydrogens is 377 g/mol. The van der Waals surface area contributed by atoms with Crippen molar-refractivity contribution in [3.8, 4) is 11.1 Å². The van der Waals surface area contributed by atoms with Crippen molar-refractivity contribution in [3.05, 3.63) is 58.7 Å². The second kappa shape index (κ2) is 7.43. The van der Waals surface area contributed by atoms with E-state index in [0.717, 1.165) is 6.07 Å². The maximum Gasteiger partial charge on any atom is 0.417 e. The van der Waals surface area contributed by atoms with Crippen LogP contribution < -0.4 is 0 Å². The molecule has 0 fully saturated rings. The van der Waals surface area contributed by atoms with Crippen molar-refractivity contribution in [2.24, 2.45) is 10.8 Å². The summed E-state index contributed by atoms with van der Waals surface area (Å²) in [5.41, 5.74) is -0.772. The minimum atomic E-state index is -4.62. The summed E-state index contributed by atoms with van der Waals surface area (Å²) in [6, 6.07) is 8.43. The molecule has 0 N–H and O–H groups in total. The fourth-order valence-corrected chi connectivity index (χ4v) is 3.13. The zero-order valence-electron chi connectivity index (χ0n) is 17.9. The smallest absolute Gasteiger partial charge is 0.294 e. The van der Waals surface area contributed by atoms with Crippen molar-refractivity contribution < 1.29 is 22.8 Å². The van der Waals surface area contributed by atoms with Crippen LogP contribution in [-0.4, -0.2) is 11.6 Å². The highest BCUT2D eigenvalue weighted by molar-refractivity contribution is 6.01. The molecule has 0 aliphatic carbocycles. The number of benzene rings is 2. The molecule has 0 amide bonds. The van der Waals surface area contributed by atoms with E-state index in [0.29, 0.717) is 16.7 Å². The van der Waals surface area contributed by atoms with E-state index in [9.17, 15) is 22.8 Å². The Morgan fingerprint density at radius 3 is 1.48 bits per heavy atom. The first-order chi connectivity index (χ1) is 13.0. The maximum atomic E-state index is 13.8. The Balaban J connectivity index is 2.63. The average Bonchev–Trinajstić information content (AvgIpc) is 2.57. The normalized spacial score (nSPS) is 12.8. The largest absolute Gasteiger partial charge is 0.417 e. The Hall–Kier alpha value is -2.43. The van der Waals surface area contributed by atoms with Crippen LogP contribution in [0.4, 0.5) is 13.2 Å². The van der Waals surface area contributed by atoms with Gasteiger partial charge in [0.2, 0.25) is 0 Å². The monoisotopic (exact) mass is 404 g/mol. The van der Waals surface area contributed by atoms with E-state index in [4.69, 9.17) is 0 Å². The Morgan fingerprint density at radius 1 is 0.690 bits per heavy atom. The third-order valence-corrected chi connectivity index (χ3v) is 4.73. The quantitative estimate of drug-likeness (QED) is 0.510. The Labute approximate surface area is 170 Å². The fraction of sp³-hybridized carbons (Fsp3) is 0.417. The van der Waals surface area contributed by atoms with E-state index in [1.54, 1.807) is 66.7 Å². The van der Waals surface area contributed by atoms with Crippen LogP contribution in [0, 0.1) is 17.8 Å². The van der Waals surface area contributed by atoms with E-state index in [-0.39, 0.29) is 22.7 Å². The molecule has 0 atom stereocenters. The number of ketones is 2. The van der Waals surface area contributed by atoms with Crippen LogP contribution in [0.25, 0.3) is 11.1 Å². The molecule has 5 heteroatoms. The molecule has 0 heterocycles. The summed E-state index contributed by atoms with van der Waals surface area (Å²) in [5.74, 6) is -0.424. The molecule has 0 bridgehead atoms. The zero-order chi connectivity index (χ0) is 22.4. The van der Waals surface area contributed by atoms with Crippen molar-refractivity contribution in [2.75, 3.05) is 0 Å². The van der Waals surface area contributed by atoms with E-state index >= 15 is 0 Å². The highest BCUT2D eigenvalue weighted by atomic mass is 19.4. The third kappa shape index (κ3) is 4.95. The van der Waals surface area contributed by atoms with Gasteiger partial charge in [0, 0.05) is 22.0 Å². The molecule has 0 spiro atoms. The van der Waals surface area contributed by atoms with Gasteiger partial charge in [-0.25, -0.2) is 0 Å². The summed E-state index contributed by atoms with van der Waals surface area (Å²) in [6.45, 7) is 12.1. The lowest BCUT2D eigenvalue weighted by Crippen LogP contribution is -2.21. The number of rotatable bonds is 3. The summed E-state index contributed by atoms with van der Waals surface area (Å²) >= 11 is 0. The van der Waals surface area contributed by atoms with Crippen molar-refractivity contribution in [1.82, 2.24) is 0 Å². The highest BCUT2D eigenvalue weighted by Crippen LogP contribution is 2.40. The fourth-order valence-electron chi connectivity index (χ4n) is 3.13. The highest BCUT2D eigenvalue weighted by Gasteiger charge is 2.36. The van der Waals surface area contributed by atoms with Crippen LogP contribution in [0.3, 0.4) is 0 Å². The van der Waals surface area contributed by atoms with Gasteiger partial charge in [-0.3, -0.25) is 9.59 Å². The molecular formula is C24H27F3O2. The van der Waals surface area contributed by atoms with E-state index in [2.05, 4.69) is 0 Å². The van der Waals surface area contributed by atoms with E-state index in [1.807, 2.05) is 0 Å². The molecule has 2 aromatic rings. The van der Waals surface area contributed by atoms with E-state index < -0.39 is 22.6 Å². The molecule has 0 radical (unpaired) electrons. The number of carbonyl (C=O) groups excluding carboxylic acids is 2. The molecule has 2 rings (SSSR count). The molecule has 0 unspecified atom stereocenters. The lowest BCUT2D eigenvalue weighted by atomic mass is 9.83. The van der Waals surface area contributed by atoms with Crippen LogP contribution in [0.5, 0.6) is 0 Å². The summed E-state index contributed by atoms with van der Waals surface area (Å²) in [5, 5.41) is 0. The minimum absolute atomic E-state index is 0.00443. The molecule has 0 aromatic heterocycles. The van der Waals surface area contributed by atoms with Gasteiger partial charge < -0.3 is 0 Å². The van der Waals surface area contributed by atoms with Crippen LogP contribution in [0.1, 0.15) is 73.4 Å². The SMILES string of the molecule is Cc1cc(C(=O)C(C)(C)C)ccc1-c1ccc(C(=O)C(C)(C)C)cc1C(F)(F)F. The van der Waals surface area contributed by atoms with Crippen molar-refractivity contribution >= 4 is 11.6 Å².